The number of carbonyl (C=O) groups is 1. The van der Waals surface area contributed by atoms with E-state index in [9.17, 15) is 4.79 Å². The van der Waals surface area contributed by atoms with E-state index >= 15 is 0 Å². The summed E-state index contributed by atoms with van der Waals surface area (Å²) in [6.07, 6.45) is 0. The molecule has 0 spiro atoms. The number of H-pyrrole nitrogens is 1. The largest absolute Gasteiger partial charge is 0.327 e. The number of hydrogen-bond donors (Lipinski definition) is 1. The van der Waals surface area contributed by atoms with Crippen molar-refractivity contribution in [3.8, 4) is 10.6 Å². The van der Waals surface area contributed by atoms with Crippen LogP contribution in [0.25, 0.3) is 21.6 Å². The molecule has 0 saturated carbocycles. The summed E-state index contributed by atoms with van der Waals surface area (Å²) in [7, 11) is 1.86. The van der Waals surface area contributed by atoms with E-state index in [1.165, 1.54) is 0 Å². The predicted octanol–water partition coefficient (Wildman–Crippen LogP) is 2.45. The number of amides is 1. The van der Waals surface area contributed by atoms with E-state index in [-0.39, 0.29) is 11.9 Å². The van der Waals surface area contributed by atoms with Crippen molar-refractivity contribution in [2.75, 3.05) is 18.1 Å². The second-order valence-corrected chi connectivity index (χ2v) is 8.90. The Kier molecular flexibility index (Phi) is 4.55. The van der Waals surface area contributed by atoms with Gasteiger partial charge in [-0.25, -0.2) is 4.98 Å². The molecule has 5 rings (SSSR count). The molecule has 1 unspecified atom stereocenters. The van der Waals surface area contributed by atoms with Crippen LogP contribution in [0, 0.1) is 6.92 Å². The molecular formula is C18H18N8OS2. The number of tetrazole rings is 1. The number of aromatic nitrogens is 7. The zero-order valence-electron chi connectivity index (χ0n) is 15.9. The number of aromatic amines is 1. The fourth-order valence-corrected chi connectivity index (χ4v) is 5.42. The minimum absolute atomic E-state index is 0.0543. The Morgan fingerprint density at radius 2 is 2.28 bits per heavy atom. The highest BCUT2D eigenvalue weighted by atomic mass is 32.2. The number of carbonyl (C=O) groups excluding carboxylic acids is 1. The highest BCUT2D eigenvalue weighted by Crippen LogP contribution is 2.33. The van der Waals surface area contributed by atoms with Crippen LogP contribution < -0.4 is 0 Å². The Morgan fingerprint density at radius 1 is 1.38 bits per heavy atom. The maximum absolute atomic E-state index is 13.8. The molecule has 1 aliphatic heterocycles. The summed E-state index contributed by atoms with van der Waals surface area (Å²) in [5.74, 6) is 2.10. The summed E-state index contributed by atoms with van der Waals surface area (Å²) >= 11 is 3.39. The number of nitrogens with one attached hydrogen (secondary N) is 1. The Bertz CT molecular complexity index is 1170. The first-order chi connectivity index (χ1) is 14.1. The van der Waals surface area contributed by atoms with Crippen molar-refractivity contribution in [3.63, 3.8) is 0 Å². The van der Waals surface area contributed by atoms with Gasteiger partial charge in [-0.2, -0.15) is 22.1 Å². The molecule has 9 nitrogen and oxygen atoms in total. The van der Waals surface area contributed by atoms with Crippen LogP contribution >= 0.6 is 23.1 Å². The van der Waals surface area contributed by atoms with E-state index in [0.717, 1.165) is 33.2 Å². The molecule has 1 aliphatic rings. The molecule has 5 heterocycles. The van der Waals surface area contributed by atoms with E-state index in [1.54, 1.807) is 27.8 Å². The molecule has 4 aromatic rings. The minimum atomic E-state index is -0.217. The van der Waals surface area contributed by atoms with Crippen LogP contribution in [0.3, 0.4) is 0 Å². The molecule has 1 N–H and O–H groups in total. The molecule has 0 radical (unpaired) electrons. The van der Waals surface area contributed by atoms with Crippen molar-refractivity contribution in [1.82, 2.24) is 40.3 Å². The van der Waals surface area contributed by atoms with E-state index < -0.39 is 0 Å². The van der Waals surface area contributed by atoms with Gasteiger partial charge in [0.15, 0.2) is 11.5 Å². The predicted molar refractivity (Wildman–Crippen MR) is 112 cm³/mol. The first kappa shape index (κ1) is 18.3. The summed E-state index contributed by atoms with van der Waals surface area (Å²) in [4.78, 5) is 21.4. The van der Waals surface area contributed by atoms with Gasteiger partial charge in [0.2, 0.25) is 0 Å². The van der Waals surface area contributed by atoms with Gasteiger partial charge < -0.3 is 4.90 Å². The summed E-state index contributed by atoms with van der Waals surface area (Å²) in [5, 5.41) is 21.7. The van der Waals surface area contributed by atoms with E-state index in [4.69, 9.17) is 4.98 Å². The third-order valence-electron chi connectivity index (χ3n) is 5.02. The zero-order valence-corrected chi connectivity index (χ0v) is 17.5. The number of aryl methyl sites for hydroxylation is 2. The first-order valence-electron chi connectivity index (χ1n) is 9.14. The Labute approximate surface area is 174 Å². The number of hydrogen-bond acceptors (Lipinski definition) is 8. The van der Waals surface area contributed by atoms with Crippen LogP contribution in [0.15, 0.2) is 23.6 Å². The minimum Gasteiger partial charge on any atom is -0.327 e. The molecule has 1 fully saturated rings. The lowest BCUT2D eigenvalue weighted by molar-refractivity contribution is 0.0696. The Hall–Kier alpha value is -2.79. The van der Waals surface area contributed by atoms with Crippen molar-refractivity contribution in [1.29, 1.82) is 0 Å². The molecule has 0 bridgehead atoms. The van der Waals surface area contributed by atoms with Crippen molar-refractivity contribution >= 4 is 40.0 Å². The van der Waals surface area contributed by atoms with Crippen molar-refractivity contribution < 1.29 is 4.79 Å². The fourth-order valence-electron chi connectivity index (χ4n) is 3.69. The Morgan fingerprint density at radius 3 is 3.03 bits per heavy atom. The van der Waals surface area contributed by atoms with Crippen LogP contribution in [0.1, 0.15) is 27.9 Å². The summed E-state index contributed by atoms with van der Waals surface area (Å²) in [5.41, 5.74) is 2.89. The van der Waals surface area contributed by atoms with Gasteiger partial charge in [0, 0.05) is 25.1 Å². The summed E-state index contributed by atoms with van der Waals surface area (Å²) in [6, 6.07) is 5.66. The highest BCUT2D eigenvalue weighted by molar-refractivity contribution is 7.99. The number of pyridine rings is 1. The molecule has 11 heteroatoms. The topological polar surface area (TPSA) is 105 Å². The molecule has 1 amide bonds. The van der Waals surface area contributed by atoms with Crippen molar-refractivity contribution in [2.45, 2.75) is 13.0 Å². The number of thiophene rings is 1. The SMILES string of the molecule is Cc1nn(C)c2nc(-c3cccs3)cc(C(=O)N3CCSCC3c3nn[nH]n3)c12. The highest BCUT2D eigenvalue weighted by Gasteiger charge is 2.33. The van der Waals surface area contributed by atoms with Gasteiger partial charge in [-0.1, -0.05) is 11.3 Å². The smallest absolute Gasteiger partial charge is 0.255 e. The number of nitrogens with zero attached hydrogens (tertiary/aromatic N) is 7. The van der Waals surface area contributed by atoms with Gasteiger partial charge in [0.25, 0.3) is 5.91 Å². The molecule has 29 heavy (non-hydrogen) atoms. The number of thioether (sulfide) groups is 1. The molecule has 1 saturated heterocycles. The van der Waals surface area contributed by atoms with Crippen LogP contribution in [0.4, 0.5) is 0 Å². The maximum Gasteiger partial charge on any atom is 0.255 e. The third-order valence-corrected chi connectivity index (χ3v) is 6.94. The molecule has 1 atom stereocenters. The van der Waals surface area contributed by atoms with E-state index in [1.807, 2.05) is 42.5 Å². The monoisotopic (exact) mass is 426 g/mol. The fraction of sp³-hybridized carbons (Fsp3) is 0.333. The van der Waals surface area contributed by atoms with E-state index in [0.29, 0.717) is 23.6 Å². The second-order valence-electron chi connectivity index (χ2n) is 6.80. The lowest BCUT2D eigenvalue weighted by Crippen LogP contribution is -2.41. The van der Waals surface area contributed by atoms with Crippen LogP contribution in [-0.2, 0) is 7.05 Å². The molecule has 0 aliphatic carbocycles. The molecule has 0 aromatic carbocycles. The average molecular weight is 427 g/mol. The van der Waals surface area contributed by atoms with Gasteiger partial charge in [-0.3, -0.25) is 9.48 Å². The van der Waals surface area contributed by atoms with Gasteiger partial charge in [-0.05, 0) is 24.4 Å². The molecule has 4 aromatic heterocycles. The second kappa shape index (κ2) is 7.23. The van der Waals surface area contributed by atoms with E-state index in [2.05, 4.69) is 25.7 Å². The number of rotatable bonds is 3. The van der Waals surface area contributed by atoms with Crippen LogP contribution in [-0.4, -0.2) is 64.2 Å². The normalized spacial score (nSPS) is 17.2. The summed E-state index contributed by atoms with van der Waals surface area (Å²) in [6.45, 7) is 2.54. The first-order valence-corrected chi connectivity index (χ1v) is 11.2. The average Bonchev–Trinajstić information content (AvgIpc) is 3.50. The quantitative estimate of drug-likeness (QED) is 0.536. The van der Waals surface area contributed by atoms with Crippen molar-refractivity contribution in [3.05, 3.63) is 40.7 Å². The van der Waals surface area contributed by atoms with Gasteiger partial charge in [-0.15, -0.1) is 21.5 Å². The molecule has 148 valence electrons. The maximum atomic E-state index is 13.8. The van der Waals surface area contributed by atoms with Crippen molar-refractivity contribution in [2.24, 2.45) is 7.05 Å². The molecular weight excluding hydrogens is 408 g/mol. The van der Waals surface area contributed by atoms with Gasteiger partial charge >= 0.3 is 0 Å². The zero-order chi connectivity index (χ0) is 20.0. The third kappa shape index (κ3) is 3.10. The van der Waals surface area contributed by atoms with Gasteiger partial charge in [0.1, 0.15) is 6.04 Å². The Balaban J connectivity index is 1.66. The summed E-state index contributed by atoms with van der Waals surface area (Å²) < 4.78 is 1.74. The lowest BCUT2D eigenvalue weighted by Gasteiger charge is -2.33. The lowest BCUT2D eigenvalue weighted by atomic mass is 10.1. The van der Waals surface area contributed by atoms with Crippen LogP contribution in [0.2, 0.25) is 0 Å². The van der Waals surface area contributed by atoms with Gasteiger partial charge in [0.05, 0.1) is 27.2 Å². The standard InChI is InChI=1S/C18H18N8OS2/c1-10-15-11(8-12(14-4-3-6-29-14)19-17(15)25(2)22-10)18(27)26-5-7-28-9-13(26)16-20-23-24-21-16/h3-4,6,8,13H,5,7,9H2,1-2H3,(H,20,21,23,24). The van der Waals surface area contributed by atoms with Crippen LogP contribution in [0.5, 0.6) is 0 Å². The number of fused-ring (bicyclic) bond motifs is 1.